The highest BCUT2D eigenvalue weighted by Crippen LogP contribution is 2.48. The second kappa shape index (κ2) is 40.9. The maximum atomic E-state index is 14.1. The van der Waals surface area contributed by atoms with Crippen molar-refractivity contribution in [2.45, 2.75) is 159 Å². The predicted octanol–water partition coefficient (Wildman–Crippen LogP) is 19.3. The Labute approximate surface area is 795 Å². The summed E-state index contributed by atoms with van der Waals surface area (Å²) in [4.78, 5) is 102. The Morgan fingerprint density at radius 3 is 1.44 bits per heavy atom. The standard InChI is InChI=1S/C52H59ClN6O8S.C49H55ClN8O8S/c1-52(2)19-17-38(45(30-52)35-11-13-39(53)14-12-35)32-57-21-23-58(24-22-57)40-15-16-43(49(27-40)67-41-26-37-18-20-54-50(37)55-31-41)51(61)56-68(64,65)42-28-46(59(62)63)44-25-34(33-66-48(44)29-42)7-6-10-47(60)36-8-4-3-5-9-36;1-49(2)14-12-35(42(27-49)33-6-8-36(50)9-7-33)30-55-18-20-56(21-19-55)37-10-11-40(45(24-37)66-38-23-34-13-15-51-46(34)52-29-38)47(59)54-67(63,64)39-25-43(58(61)62)41-22-32(31-65-44(41)26-39)28-53-48(60)57-16-4-3-5-17-57/h11-16,18,20,26-29,31,34,36H,3-10,17,19,21-25,30,32-33H2,1-2H3,(H,54,55)(H,56,61);6-11,13,15,23-26,29,32H,3-5,12,14,16-22,27-28,30-31H2,1-2H3,(H,51,52)(H,53,60)(H,54,59)/t34-;32-/m10/s1. The molecule has 0 unspecified atom stereocenters. The molecule has 0 radical (unpaired) electrons. The van der Waals surface area contributed by atoms with E-state index in [1.807, 2.05) is 36.4 Å². The molecule has 34 heteroatoms. The number of nitrogens with zero attached hydrogens (tertiary/aromatic N) is 9. The molecule has 3 saturated heterocycles. The van der Waals surface area contributed by atoms with Crippen LogP contribution in [0.2, 0.25) is 10.0 Å². The van der Waals surface area contributed by atoms with Gasteiger partial charge in [0.05, 0.1) is 67.5 Å². The molecular weight excluding hydrogens is 1800 g/mol. The van der Waals surface area contributed by atoms with Gasteiger partial charge in [0, 0.05) is 184 Å². The first kappa shape index (κ1) is 94.8. The Kier molecular flexibility index (Phi) is 28.7. The number of piperazine rings is 2. The van der Waals surface area contributed by atoms with Gasteiger partial charge in [-0.25, -0.2) is 41.0 Å². The lowest BCUT2D eigenvalue weighted by molar-refractivity contribution is -0.386. The number of fused-ring (bicyclic) bond motifs is 4. The van der Waals surface area contributed by atoms with Crippen LogP contribution in [0.25, 0.3) is 33.2 Å². The number of nitro groups is 2. The van der Waals surface area contributed by atoms with Gasteiger partial charge in [-0.15, -0.1) is 0 Å². The second-order valence-electron chi connectivity index (χ2n) is 38.5. The zero-order valence-electron chi connectivity index (χ0n) is 76.4. The highest BCUT2D eigenvalue weighted by atomic mass is 35.5. The number of ketones is 1. The Morgan fingerprint density at radius 1 is 0.541 bits per heavy atom. The summed E-state index contributed by atoms with van der Waals surface area (Å²) in [5.74, 6) is -0.878. The monoisotopic (exact) mass is 1910 g/mol. The fourth-order valence-electron chi connectivity index (χ4n) is 20.0. The quantitative estimate of drug-likeness (QED) is 0.0236. The molecule has 4 aromatic heterocycles. The van der Waals surface area contributed by atoms with Gasteiger partial charge in [-0.05, 0) is 208 Å². The van der Waals surface area contributed by atoms with Crippen molar-refractivity contribution in [2.75, 3.05) is 108 Å². The highest BCUT2D eigenvalue weighted by Gasteiger charge is 2.39. The fraction of sp³-hybridized carbons (Fsp3) is 0.426. The van der Waals surface area contributed by atoms with Gasteiger partial charge >= 0.3 is 6.03 Å². The van der Waals surface area contributed by atoms with E-state index in [0.717, 1.165) is 167 Å². The van der Waals surface area contributed by atoms with Crippen molar-refractivity contribution in [3.05, 3.63) is 233 Å². The van der Waals surface area contributed by atoms with Crippen LogP contribution in [0.4, 0.5) is 27.5 Å². The number of aromatic nitrogens is 4. The number of likely N-dealkylation sites (tertiary alicyclic amines) is 1. The van der Waals surface area contributed by atoms with Crippen molar-refractivity contribution in [3.8, 4) is 34.5 Å². The minimum Gasteiger partial charge on any atom is -0.493 e. The number of H-pyrrole nitrogens is 2. The van der Waals surface area contributed by atoms with E-state index < -0.39 is 62.9 Å². The lowest BCUT2D eigenvalue weighted by atomic mass is 9.72. The first-order valence-corrected chi connectivity index (χ1v) is 50.5. The zero-order valence-corrected chi connectivity index (χ0v) is 79.6. The Hall–Kier alpha value is -11.9. The van der Waals surface area contributed by atoms with Crippen LogP contribution in [0.1, 0.15) is 180 Å². The molecular formula is C101H114Cl2N14O16S2. The van der Waals surface area contributed by atoms with Crippen molar-refractivity contribution in [2.24, 2.45) is 28.6 Å². The van der Waals surface area contributed by atoms with E-state index in [0.29, 0.717) is 99.1 Å². The van der Waals surface area contributed by atoms with Gasteiger partial charge in [0.25, 0.3) is 43.2 Å². The number of allylic oxidation sites excluding steroid dienone is 2. The normalized spacial score (nSPS) is 18.9. The van der Waals surface area contributed by atoms with Gasteiger partial charge in [-0.1, -0.05) is 106 Å². The number of carbonyl (C=O) groups excluding carboxylic acids is 4. The molecule has 30 nitrogen and oxygen atoms in total. The van der Waals surface area contributed by atoms with Crippen molar-refractivity contribution in [3.63, 3.8) is 0 Å². The van der Waals surface area contributed by atoms with E-state index in [1.54, 1.807) is 59.8 Å². The van der Waals surface area contributed by atoms with Crippen LogP contribution in [-0.4, -0.2) is 183 Å². The number of piperidine rings is 1. The number of Topliss-reactive ketones (excluding diaryl/α,β-unsaturated/α-hetero) is 1. The molecule has 10 aromatic rings. The molecule has 8 aliphatic rings. The van der Waals surface area contributed by atoms with E-state index in [9.17, 15) is 56.2 Å². The molecule has 135 heavy (non-hydrogen) atoms. The molecule has 9 heterocycles. The average Bonchev–Trinajstić information content (AvgIpc) is 1.17. The number of aromatic amines is 2. The molecule has 0 spiro atoms. The third-order valence-electron chi connectivity index (χ3n) is 27.7. The summed E-state index contributed by atoms with van der Waals surface area (Å²) in [5, 5.41) is 30.7. The van der Waals surface area contributed by atoms with Gasteiger partial charge in [0.2, 0.25) is 0 Å². The van der Waals surface area contributed by atoms with E-state index in [4.69, 9.17) is 42.1 Å². The summed E-state index contributed by atoms with van der Waals surface area (Å²) in [6.45, 7) is 19.1. The second-order valence-corrected chi connectivity index (χ2v) is 42.8. The minimum absolute atomic E-state index is 0.0307. The van der Waals surface area contributed by atoms with Crippen LogP contribution in [0.3, 0.4) is 0 Å². The first-order valence-electron chi connectivity index (χ1n) is 46.8. The molecule has 5 aliphatic heterocycles. The number of halogens is 2. The third-order valence-corrected chi connectivity index (χ3v) is 30.8. The average molecular weight is 1920 g/mol. The van der Waals surface area contributed by atoms with Gasteiger partial charge < -0.3 is 48.9 Å². The number of nitro benzene ring substituents is 2. The number of hydrogen-bond donors (Lipinski definition) is 5. The largest absolute Gasteiger partial charge is 0.493 e. The number of anilines is 2. The summed E-state index contributed by atoms with van der Waals surface area (Å²) in [5.41, 5.74) is 11.0. The molecule has 4 fully saturated rings. The van der Waals surface area contributed by atoms with Crippen LogP contribution in [-0.2, 0) is 37.7 Å². The van der Waals surface area contributed by atoms with Crippen LogP contribution in [0.5, 0.6) is 34.5 Å². The maximum absolute atomic E-state index is 14.1. The van der Waals surface area contributed by atoms with Gasteiger partial charge in [0.1, 0.15) is 51.6 Å². The number of benzene rings is 6. The number of pyridine rings is 2. The Balaban J connectivity index is 0.000000188. The number of hydrogen-bond acceptors (Lipinski definition) is 22. The molecule has 4 amide bonds. The first-order chi connectivity index (χ1) is 64.8. The SMILES string of the molecule is CC1(C)CCC(CN2CCN(c3ccc(C(=O)NS(=O)(=O)c4cc5c(c([N+](=O)[O-])c4)C[C@@H](CCCC(=O)C4CCCCC4)CO5)c(Oc4cnc5[nH]ccc5c4)c3)CC2)=C(c2ccc(Cl)cc2)C1.CC1(C)CCC(CN2CCN(c3ccc(C(=O)NS(=O)(=O)c4cc5c(c([N+](=O)[O-])c4)C[C@@H](CNC(=O)N4CCCCC4)CO5)c(Oc4cnc5[nH]ccc5c4)c3)CC2)=C(c2ccc(Cl)cc2)C1. The van der Waals surface area contributed by atoms with Gasteiger partial charge in [-0.2, -0.15) is 0 Å². The van der Waals surface area contributed by atoms with Crippen molar-refractivity contribution >= 4 is 123 Å². The van der Waals surface area contributed by atoms with Crippen molar-refractivity contribution in [1.82, 2.24) is 49.4 Å². The minimum atomic E-state index is -4.68. The summed E-state index contributed by atoms with van der Waals surface area (Å²) in [6, 6.07) is 37.8. The Bertz CT molecular complexity index is 6450. The molecule has 0 bridgehead atoms. The topological polar surface area (TPSA) is 369 Å². The summed E-state index contributed by atoms with van der Waals surface area (Å²) >= 11 is 12.5. The van der Waals surface area contributed by atoms with Crippen LogP contribution >= 0.6 is 23.2 Å². The predicted molar refractivity (Wildman–Crippen MR) is 520 cm³/mol. The van der Waals surface area contributed by atoms with Crippen molar-refractivity contribution < 1.29 is 64.8 Å². The van der Waals surface area contributed by atoms with Gasteiger partial charge in [-0.3, -0.25) is 44.4 Å². The van der Waals surface area contributed by atoms with E-state index in [-0.39, 0.29) is 100 Å². The Morgan fingerprint density at radius 2 is 0.985 bits per heavy atom. The number of amides is 4. The molecule has 2 atom stereocenters. The number of urea groups is 1. The van der Waals surface area contributed by atoms with E-state index in [1.165, 1.54) is 70.4 Å². The summed E-state index contributed by atoms with van der Waals surface area (Å²) < 4.78 is 84.7. The molecule has 1 saturated carbocycles. The number of carbonyl (C=O) groups is 4. The molecule has 5 N–H and O–H groups in total. The lowest BCUT2D eigenvalue weighted by Gasteiger charge is -2.39. The fourth-order valence-corrected chi connectivity index (χ4v) is 22.3. The molecule has 18 rings (SSSR count). The maximum Gasteiger partial charge on any atom is 0.317 e. The number of ether oxygens (including phenoxy) is 4. The molecule has 3 aliphatic carbocycles. The lowest BCUT2D eigenvalue weighted by Crippen LogP contribution is -2.47. The third kappa shape index (κ3) is 22.9. The summed E-state index contributed by atoms with van der Waals surface area (Å²) in [6.07, 6.45) is 23.4. The van der Waals surface area contributed by atoms with Crippen LogP contribution in [0.15, 0.2) is 179 Å². The smallest absolute Gasteiger partial charge is 0.317 e. The van der Waals surface area contributed by atoms with Crippen LogP contribution in [0, 0.1) is 48.8 Å². The van der Waals surface area contributed by atoms with E-state index >= 15 is 0 Å². The van der Waals surface area contributed by atoms with E-state index in [2.05, 4.69) is 106 Å². The number of sulfonamides is 2. The zero-order chi connectivity index (χ0) is 94.5. The number of rotatable bonds is 27. The van der Waals surface area contributed by atoms with Crippen LogP contribution < -0.4 is 43.5 Å². The number of nitrogens with one attached hydrogen (secondary N) is 5. The van der Waals surface area contributed by atoms with Gasteiger partial charge in [0.15, 0.2) is 0 Å². The highest BCUT2D eigenvalue weighted by molar-refractivity contribution is 7.90. The molecule has 6 aromatic carbocycles. The molecule has 710 valence electrons. The van der Waals surface area contributed by atoms with Crippen molar-refractivity contribution in [1.29, 1.82) is 0 Å². The summed E-state index contributed by atoms with van der Waals surface area (Å²) in [7, 11) is -9.33.